The molecule has 0 atom stereocenters. The van der Waals surface area contributed by atoms with Gasteiger partial charge in [-0.05, 0) is 25.5 Å². The van der Waals surface area contributed by atoms with E-state index < -0.39 is 0 Å². The number of unbranched alkanes of at least 4 members (excludes halogenated alkanes) is 1. The van der Waals surface area contributed by atoms with Crippen molar-refractivity contribution in [3.63, 3.8) is 0 Å². The van der Waals surface area contributed by atoms with Gasteiger partial charge in [-0.25, -0.2) is 4.98 Å². The maximum absolute atomic E-state index is 5.59. The molecule has 0 aliphatic heterocycles. The van der Waals surface area contributed by atoms with Crippen molar-refractivity contribution >= 4 is 11.6 Å². The molecule has 0 bridgehead atoms. The van der Waals surface area contributed by atoms with E-state index in [9.17, 15) is 0 Å². The average Bonchev–Trinajstić information content (AvgIpc) is 2.29. The third-order valence-electron chi connectivity index (χ3n) is 2.10. The molecule has 4 heteroatoms. The molecule has 0 unspecified atom stereocenters. The van der Waals surface area contributed by atoms with Crippen LogP contribution in [0.3, 0.4) is 0 Å². The first-order chi connectivity index (χ1) is 7.38. The van der Waals surface area contributed by atoms with Gasteiger partial charge in [0.05, 0.1) is 7.11 Å². The van der Waals surface area contributed by atoms with E-state index in [1.54, 1.807) is 13.3 Å². The Balaban J connectivity index is 2.30. The zero-order chi connectivity index (χ0) is 10.9. The Morgan fingerprint density at radius 3 is 3.07 bits per heavy atom. The minimum Gasteiger partial charge on any atom is -0.481 e. The van der Waals surface area contributed by atoms with Crippen LogP contribution in [-0.2, 0) is 6.54 Å². The number of nitrogens with one attached hydrogen (secondary N) is 1. The highest BCUT2D eigenvalue weighted by Crippen LogP contribution is 2.12. The summed E-state index contributed by atoms with van der Waals surface area (Å²) in [6.07, 6.45) is 3.89. The Labute approximate surface area is 95.8 Å². The lowest BCUT2D eigenvalue weighted by Crippen LogP contribution is -2.15. The molecule has 0 spiro atoms. The molecule has 0 fully saturated rings. The minimum absolute atomic E-state index is 0.697. The summed E-state index contributed by atoms with van der Waals surface area (Å²) < 4.78 is 5.15. The van der Waals surface area contributed by atoms with Crippen molar-refractivity contribution in [1.29, 1.82) is 0 Å². The Kier molecular flexibility index (Phi) is 6.12. The quantitative estimate of drug-likeness (QED) is 0.574. The molecular weight excluding hydrogens is 212 g/mol. The van der Waals surface area contributed by atoms with Gasteiger partial charge in [-0.2, -0.15) is 0 Å². The third-order valence-corrected chi connectivity index (χ3v) is 2.36. The fraction of sp³-hybridized carbons (Fsp3) is 0.545. The first-order valence-corrected chi connectivity index (χ1v) is 5.66. The van der Waals surface area contributed by atoms with Crippen molar-refractivity contribution in [1.82, 2.24) is 10.3 Å². The lowest BCUT2D eigenvalue weighted by molar-refractivity contribution is 0.390. The number of hydrogen-bond acceptors (Lipinski definition) is 3. The molecule has 1 rings (SSSR count). The highest BCUT2D eigenvalue weighted by molar-refractivity contribution is 6.17. The van der Waals surface area contributed by atoms with Gasteiger partial charge in [0.2, 0.25) is 5.88 Å². The van der Waals surface area contributed by atoms with Crippen LogP contribution in [0.5, 0.6) is 5.88 Å². The summed E-state index contributed by atoms with van der Waals surface area (Å²) in [5.41, 5.74) is 1.09. The summed E-state index contributed by atoms with van der Waals surface area (Å²) in [6.45, 7) is 1.77. The van der Waals surface area contributed by atoms with Gasteiger partial charge in [-0.15, -0.1) is 11.6 Å². The van der Waals surface area contributed by atoms with Gasteiger partial charge in [-0.3, -0.25) is 0 Å². The van der Waals surface area contributed by atoms with Crippen molar-refractivity contribution in [2.45, 2.75) is 19.4 Å². The SMILES string of the molecule is COc1ncccc1CNCCCCCl. The van der Waals surface area contributed by atoms with E-state index in [4.69, 9.17) is 16.3 Å². The maximum atomic E-state index is 5.59. The van der Waals surface area contributed by atoms with Crippen LogP contribution in [0.1, 0.15) is 18.4 Å². The summed E-state index contributed by atoms with van der Waals surface area (Å²) in [5, 5.41) is 3.33. The molecule has 0 aliphatic rings. The van der Waals surface area contributed by atoms with E-state index in [-0.39, 0.29) is 0 Å². The van der Waals surface area contributed by atoms with Gasteiger partial charge in [0.25, 0.3) is 0 Å². The average molecular weight is 229 g/mol. The normalized spacial score (nSPS) is 10.3. The summed E-state index contributed by atoms with van der Waals surface area (Å²) in [7, 11) is 1.64. The van der Waals surface area contributed by atoms with Crippen LogP contribution >= 0.6 is 11.6 Å². The molecule has 15 heavy (non-hydrogen) atoms. The molecule has 0 saturated heterocycles. The van der Waals surface area contributed by atoms with E-state index in [1.807, 2.05) is 12.1 Å². The number of pyridine rings is 1. The maximum Gasteiger partial charge on any atom is 0.217 e. The van der Waals surface area contributed by atoms with Gasteiger partial charge in [-0.1, -0.05) is 6.07 Å². The Bertz CT molecular complexity index is 281. The Morgan fingerprint density at radius 2 is 2.33 bits per heavy atom. The monoisotopic (exact) mass is 228 g/mol. The van der Waals surface area contributed by atoms with E-state index in [1.165, 1.54) is 0 Å². The molecule has 0 aliphatic carbocycles. The van der Waals surface area contributed by atoms with Crippen LogP contribution in [0.2, 0.25) is 0 Å². The number of rotatable bonds is 7. The second kappa shape index (κ2) is 7.49. The fourth-order valence-corrected chi connectivity index (χ4v) is 1.50. The molecule has 0 saturated carbocycles. The zero-order valence-electron chi connectivity index (χ0n) is 9.00. The van der Waals surface area contributed by atoms with Crippen LogP contribution in [0.25, 0.3) is 0 Å². The molecule has 84 valence electrons. The first kappa shape index (κ1) is 12.3. The van der Waals surface area contributed by atoms with Crippen LogP contribution in [-0.4, -0.2) is 24.5 Å². The van der Waals surface area contributed by atoms with Gasteiger partial charge in [0.1, 0.15) is 0 Å². The summed E-state index contributed by atoms with van der Waals surface area (Å²) in [6, 6.07) is 3.93. The van der Waals surface area contributed by atoms with Crippen LogP contribution in [0.15, 0.2) is 18.3 Å². The number of nitrogens with zero attached hydrogens (tertiary/aromatic N) is 1. The predicted octanol–water partition coefficient (Wildman–Crippen LogP) is 2.20. The largest absolute Gasteiger partial charge is 0.481 e. The van der Waals surface area contributed by atoms with Gasteiger partial charge < -0.3 is 10.1 Å². The predicted molar refractivity (Wildman–Crippen MR) is 62.4 cm³/mol. The summed E-state index contributed by atoms with van der Waals surface area (Å²) in [4.78, 5) is 4.13. The molecule has 3 nitrogen and oxygen atoms in total. The van der Waals surface area contributed by atoms with E-state index in [0.29, 0.717) is 5.88 Å². The fourth-order valence-electron chi connectivity index (χ4n) is 1.31. The number of methoxy groups -OCH3 is 1. The van der Waals surface area contributed by atoms with Gasteiger partial charge in [0.15, 0.2) is 0 Å². The van der Waals surface area contributed by atoms with E-state index in [2.05, 4.69) is 10.3 Å². The summed E-state index contributed by atoms with van der Waals surface area (Å²) >= 11 is 5.59. The Morgan fingerprint density at radius 1 is 1.47 bits per heavy atom. The van der Waals surface area contributed by atoms with Gasteiger partial charge >= 0.3 is 0 Å². The standard InChI is InChI=1S/C11H17ClN2O/c1-15-11-10(5-4-8-14-11)9-13-7-3-2-6-12/h4-5,8,13H,2-3,6-7,9H2,1H3. The van der Waals surface area contributed by atoms with E-state index in [0.717, 1.165) is 37.4 Å². The van der Waals surface area contributed by atoms with Crippen molar-refractivity contribution in [2.75, 3.05) is 19.5 Å². The Hall–Kier alpha value is -0.800. The number of ether oxygens (including phenoxy) is 1. The molecule has 0 radical (unpaired) electrons. The molecule has 1 aromatic rings. The van der Waals surface area contributed by atoms with Crippen LogP contribution < -0.4 is 10.1 Å². The molecular formula is C11H17ClN2O. The van der Waals surface area contributed by atoms with E-state index >= 15 is 0 Å². The first-order valence-electron chi connectivity index (χ1n) is 5.13. The number of hydrogen-bond donors (Lipinski definition) is 1. The molecule has 1 aromatic heterocycles. The highest BCUT2D eigenvalue weighted by Gasteiger charge is 2.01. The van der Waals surface area contributed by atoms with Crippen LogP contribution in [0.4, 0.5) is 0 Å². The third kappa shape index (κ3) is 4.49. The molecule has 0 amide bonds. The number of halogens is 1. The summed E-state index contributed by atoms with van der Waals surface area (Å²) in [5.74, 6) is 1.43. The zero-order valence-corrected chi connectivity index (χ0v) is 9.76. The molecule has 1 N–H and O–H groups in total. The van der Waals surface area contributed by atoms with Crippen LogP contribution in [0, 0.1) is 0 Å². The number of alkyl halides is 1. The van der Waals surface area contributed by atoms with Crippen molar-refractivity contribution in [3.8, 4) is 5.88 Å². The number of aromatic nitrogens is 1. The van der Waals surface area contributed by atoms with Crippen molar-refractivity contribution in [3.05, 3.63) is 23.9 Å². The second-order valence-electron chi connectivity index (χ2n) is 3.24. The van der Waals surface area contributed by atoms with Gasteiger partial charge in [0, 0.05) is 24.2 Å². The van der Waals surface area contributed by atoms with Crippen molar-refractivity contribution in [2.24, 2.45) is 0 Å². The highest BCUT2D eigenvalue weighted by atomic mass is 35.5. The lowest BCUT2D eigenvalue weighted by atomic mass is 10.2. The van der Waals surface area contributed by atoms with Crippen molar-refractivity contribution < 1.29 is 4.74 Å². The topological polar surface area (TPSA) is 34.1 Å². The second-order valence-corrected chi connectivity index (χ2v) is 3.62. The lowest BCUT2D eigenvalue weighted by Gasteiger charge is -2.07. The molecule has 1 heterocycles. The minimum atomic E-state index is 0.697. The smallest absolute Gasteiger partial charge is 0.217 e. The molecule has 0 aromatic carbocycles.